The normalized spacial score (nSPS) is 12.2. The van der Waals surface area contributed by atoms with Crippen molar-refractivity contribution in [2.75, 3.05) is 5.32 Å². The number of nitrogens with one attached hydrogen (secondary N) is 1. The van der Waals surface area contributed by atoms with Crippen LogP contribution in [-0.2, 0) is 11.3 Å². The van der Waals surface area contributed by atoms with E-state index in [-0.39, 0.29) is 11.2 Å². The molecule has 1 N–H and O–H groups in total. The maximum absolute atomic E-state index is 12.6. The number of anilines is 1. The fraction of sp³-hybridized carbons (Fsp3) is 0.318. The topological polar surface area (TPSA) is 59.8 Å². The molecule has 1 amide bonds. The van der Waals surface area contributed by atoms with Crippen LogP contribution >= 0.6 is 11.8 Å². The third-order valence-electron chi connectivity index (χ3n) is 4.56. The van der Waals surface area contributed by atoms with Gasteiger partial charge in [-0.2, -0.15) is 0 Å². The molecule has 28 heavy (non-hydrogen) atoms. The highest BCUT2D eigenvalue weighted by molar-refractivity contribution is 8.00. The first-order valence-corrected chi connectivity index (χ1v) is 10.4. The Bertz CT molecular complexity index is 919. The van der Waals surface area contributed by atoms with Gasteiger partial charge in [0.25, 0.3) is 0 Å². The first kappa shape index (κ1) is 20.1. The van der Waals surface area contributed by atoms with Crippen molar-refractivity contribution >= 4 is 23.4 Å². The Morgan fingerprint density at radius 3 is 2.32 bits per heavy atom. The van der Waals surface area contributed by atoms with E-state index in [1.54, 1.807) is 0 Å². The standard InChI is InChI=1S/C22H26N4OS/c1-5-26-20(18-9-7-6-8-10-18)24-25-22(26)28-16(4)21(27)23-19-13-11-17(12-14-19)15(2)3/h6-16H,5H2,1-4H3,(H,23,27)/t16-/m0/s1. The molecule has 0 saturated carbocycles. The highest BCUT2D eigenvalue weighted by Crippen LogP contribution is 2.27. The van der Waals surface area contributed by atoms with Gasteiger partial charge in [-0.15, -0.1) is 10.2 Å². The molecule has 1 aromatic heterocycles. The molecule has 0 radical (unpaired) electrons. The van der Waals surface area contributed by atoms with Crippen LogP contribution < -0.4 is 5.32 Å². The predicted octanol–water partition coefficient (Wildman–Crippen LogP) is 5.21. The van der Waals surface area contributed by atoms with E-state index in [1.165, 1.54) is 17.3 Å². The quantitative estimate of drug-likeness (QED) is 0.559. The molecule has 3 rings (SSSR count). The smallest absolute Gasteiger partial charge is 0.237 e. The zero-order valence-corrected chi connectivity index (χ0v) is 17.5. The Labute approximate surface area is 170 Å². The van der Waals surface area contributed by atoms with Gasteiger partial charge in [0.05, 0.1) is 5.25 Å². The number of rotatable bonds is 7. The van der Waals surface area contributed by atoms with Crippen molar-refractivity contribution in [3.63, 3.8) is 0 Å². The van der Waals surface area contributed by atoms with Crippen LogP contribution in [0, 0.1) is 0 Å². The van der Waals surface area contributed by atoms with Crippen LogP contribution in [-0.4, -0.2) is 25.9 Å². The van der Waals surface area contributed by atoms with Crippen molar-refractivity contribution in [3.8, 4) is 11.4 Å². The van der Waals surface area contributed by atoms with Crippen LogP contribution in [0.1, 0.15) is 39.2 Å². The lowest BCUT2D eigenvalue weighted by Crippen LogP contribution is -2.23. The summed E-state index contributed by atoms with van der Waals surface area (Å²) in [4.78, 5) is 12.6. The van der Waals surface area contributed by atoms with Crippen molar-refractivity contribution in [1.29, 1.82) is 0 Å². The van der Waals surface area contributed by atoms with Gasteiger partial charge in [0.1, 0.15) is 0 Å². The number of carbonyl (C=O) groups is 1. The molecular weight excluding hydrogens is 368 g/mol. The van der Waals surface area contributed by atoms with Gasteiger partial charge in [-0.25, -0.2) is 0 Å². The molecule has 0 aliphatic carbocycles. The lowest BCUT2D eigenvalue weighted by molar-refractivity contribution is -0.115. The zero-order chi connectivity index (χ0) is 20.1. The Morgan fingerprint density at radius 2 is 1.71 bits per heavy atom. The maximum Gasteiger partial charge on any atom is 0.237 e. The second kappa shape index (κ2) is 9.06. The van der Waals surface area contributed by atoms with Crippen LogP contribution in [0.15, 0.2) is 59.8 Å². The van der Waals surface area contributed by atoms with Gasteiger partial charge in [0, 0.05) is 17.8 Å². The summed E-state index contributed by atoms with van der Waals surface area (Å²) in [5, 5.41) is 12.1. The summed E-state index contributed by atoms with van der Waals surface area (Å²) in [6.07, 6.45) is 0. The average molecular weight is 395 g/mol. The summed E-state index contributed by atoms with van der Waals surface area (Å²) >= 11 is 1.42. The third-order valence-corrected chi connectivity index (χ3v) is 5.64. The summed E-state index contributed by atoms with van der Waals surface area (Å²) < 4.78 is 2.04. The summed E-state index contributed by atoms with van der Waals surface area (Å²) in [5.41, 5.74) is 3.08. The Balaban J connectivity index is 1.69. The van der Waals surface area contributed by atoms with Crippen molar-refractivity contribution in [3.05, 3.63) is 60.2 Å². The van der Waals surface area contributed by atoms with E-state index in [9.17, 15) is 4.79 Å². The van der Waals surface area contributed by atoms with E-state index in [4.69, 9.17) is 0 Å². The minimum absolute atomic E-state index is 0.0470. The largest absolute Gasteiger partial charge is 0.325 e. The Morgan fingerprint density at radius 1 is 1.04 bits per heavy atom. The van der Waals surface area contributed by atoms with E-state index in [2.05, 4.69) is 48.4 Å². The number of amides is 1. The van der Waals surface area contributed by atoms with Crippen LogP contribution in [0.5, 0.6) is 0 Å². The zero-order valence-electron chi connectivity index (χ0n) is 16.7. The monoisotopic (exact) mass is 394 g/mol. The van der Waals surface area contributed by atoms with Crippen LogP contribution in [0.3, 0.4) is 0 Å². The fourth-order valence-corrected chi connectivity index (χ4v) is 3.78. The molecule has 1 heterocycles. The first-order valence-electron chi connectivity index (χ1n) is 9.55. The third kappa shape index (κ3) is 4.62. The van der Waals surface area contributed by atoms with Crippen molar-refractivity contribution < 1.29 is 4.79 Å². The molecule has 0 aliphatic rings. The summed E-state index contributed by atoms with van der Waals surface area (Å²) in [6, 6.07) is 18.0. The maximum atomic E-state index is 12.6. The van der Waals surface area contributed by atoms with Gasteiger partial charge < -0.3 is 9.88 Å². The second-order valence-corrected chi connectivity index (χ2v) is 8.25. The number of hydrogen-bond donors (Lipinski definition) is 1. The fourth-order valence-electron chi connectivity index (χ4n) is 2.87. The molecule has 0 saturated heterocycles. The molecular formula is C22H26N4OS. The molecule has 3 aromatic rings. The Hall–Kier alpha value is -2.60. The molecule has 5 nitrogen and oxygen atoms in total. The van der Waals surface area contributed by atoms with Crippen LogP contribution in [0.4, 0.5) is 5.69 Å². The SMILES string of the molecule is CCn1c(S[C@@H](C)C(=O)Nc2ccc(C(C)C)cc2)nnc1-c1ccccc1. The highest BCUT2D eigenvalue weighted by Gasteiger charge is 2.20. The van der Waals surface area contributed by atoms with Crippen molar-refractivity contribution in [2.45, 2.75) is 50.6 Å². The number of carbonyl (C=O) groups excluding carboxylic acids is 1. The van der Waals surface area contributed by atoms with E-state index in [0.29, 0.717) is 5.92 Å². The number of nitrogens with zero attached hydrogens (tertiary/aromatic N) is 3. The number of hydrogen-bond acceptors (Lipinski definition) is 4. The highest BCUT2D eigenvalue weighted by atomic mass is 32.2. The second-order valence-electron chi connectivity index (χ2n) is 6.94. The number of benzene rings is 2. The molecule has 6 heteroatoms. The molecule has 146 valence electrons. The molecule has 0 spiro atoms. The predicted molar refractivity (Wildman–Crippen MR) is 116 cm³/mol. The summed E-state index contributed by atoms with van der Waals surface area (Å²) in [6.45, 7) is 8.99. The molecule has 1 atom stereocenters. The van der Waals surface area contributed by atoms with Crippen molar-refractivity contribution in [2.24, 2.45) is 0 Å². The average Bonchev–Trinajstić information content (AvgIpc) is 3.11. The van der Waals surface area contributed by atoms with E-state index >= 15 is 0 Å². The number of aromatic nitrogens is 3. The van der Waals surface area contributed by atoms with E-state index in [1.807, 2.05) is 54.0 Å². The minimum Gasteiger partial charge on any atom is -0.325 e. The van der Waals surface area contributed by atoms with Gasteiger partial charge >= 0.3 is 0 Å². The number of thioether (sulfide) groups is 1. The van der Waals surface area contributed by atoms with Gasteiger partial charge in [-0.05, 0) is 37.5 Å². The van der Waals surface area contributed by atoms with Gasteiger partial charge in [0.15, 0.2) is 11.0 Å². The minimum atomic E-state index is -0.289. The van der Waals surface area contributed by atoms with Gasteiger partial charge in [0.2, 0.25) is 5.91 Å². The Kier molecular flexibility index (Phi) is 6.52. The van der Waals surface area contributed by atoms with Gasteiger partial charge in [-0.3, -0.25) is 4.79 Å². The van der Waals surface area contributed by atoms with E-state index in [0.717, 1.165) is 28.8 Å². The molecule has 0 unspecified atom stereocenters. The summed E-state index contributed by atoms with van der Waals surface area (Å²) in [5.74, 6) is 1.25. The van der Waals surface area contributed by atoms with E-state index < -0.39 is 0 Å². The molecule has 0 bridgehead atoms. The molecule has 0 fully saturated rings. The lowest BCUT2D eigenvalue weighted by atomic mass is 10.0. The molecule has 2 aromatic carbocycles. The first-order chi connectivity index (χ1) is 13.5. The summed E-state index contributed by atoms with van der Waals surface area (Å²) in [7, 11) is 0. The van der Waals surface area contributed by atoms with Crippen LogP contribution in [0.25, 0.3) is 11.4 Å². The lowest BCUT2D eigenvalue weighted by Gasteiger charge is -2.13. The van der Waals surface area contributed by atoms with Crippen molar-refractivity contribution in [1.82, 2.24) is 14.8 Å². The van der Waals surface area contributed by atoms with Crippen LogP contribution in [0.2, 0.25) is 0 Å². The molecule has 0 aliphatic heterocycles. The van der Waals surface area contributed by atoms with Gasteiger partial charge in [-0.1, -0.05) is 68.1 Å².